The highest BCUT2D eigenvalue weighted by Gasteiger charge is 2.31. The summed E-state index contributed by atoms with van der Waals surface area (Å²) in [6.45, 7) is 9.17. The summed E-state index contributed by atoms with van der Waals surface area (Å²) in [5.74, 6) is 0.213. The zero-order valence-electron chi connectivity index (χ0n) is 13.4. The topological polar surface area (TPSA) is 58.6 Å². The molecule has 20 heavy (non-hydrogen) atoms. The fourth-order valence-corrected chi connectivity index (χ4v) is 3.22. The van der Waals surface area contributed by atoms with Crippen LogP contribution in [0.25, 0.3) is 0 Å². The molecule has 1 heterocycles. The van der Waals surface area contributed by atoms with Crippen molar-refractivity contribution < 1.29 is 14.6 Å². The summed E-state index contributed by atoms with van der Waals surface area (Å²) in [6, 6.07) is 0. The van der Waals surface area contributed by atoms with E-state index in [0.717, 1.165) is 32.1 Å². The van der Waals surface area contributed by atoms with E-state index in [4.69, 9.17) is 4.74 Å². The Labute approximate surface area is 123 Å². The van der Waals surface area contributed by atoms with Gasteiger partial charge in [0.1, 0.15) is 0 Å². The third-order valence-electron chi connectivity index (χ3n) is 4.85. The van der Waals surface area contributed by atoms with Crippen molar-refractivity contribution in [3.8, 4) is 0 Å². The Balaban J connectivity index is 2.52. The number of aliphatic hydroxyl groups is 1. The lowest BCUT2D eigenvalue weighted by molar-refractivity contribution is -0.133. The van der Waals surface area contributed by atoms with E-state index < -0.39 is 0 Å². The zero-order chi connectivity index (χ0) is 15.2. The summed E-state index contributed by atoms with van der Waals surface area (Å²) in [4.78, 5) is 12.3. The summed E-state index contributed by atoms with van der Waals surface area (Å²) >= 11 is 0. The first-order chi connectivity index (χ1) is 9.46. The second-order valence-corrected chi connectivity index (χ2v) is 6.32. The molecule has 4 nitrogen and oxygen atoms in total. The molecule has 1 aliphatic heterocycles. The van der Waals surface area contributed by atoms with Gasteiger partial charge in [0.05, 0.1) is 12.2 Å². The van der Waals surface area contributed by atoms with Crippen LogP contribution in [0.15, 0.2) is 0 Å². The minimum atomic E-state index is 0.0345. The van der Waals surface area contributed by atoms with E-state index in [-0.39, 0.29) is 36.1 Å². The first-order valence-corrected chi connectivity index (χ1v) is 8.00. The molecule has 0 aromatic heterocycles. The van der Waals surface area contributed by atoms with Crippen molar-refractivity contribution in [1.82, 2.24) is 5.32 Å². The van der Waals surface area contributed by atoms with Crippen LogP contribution in [0.5, 0.6) is 0 Å². The van der Waals surface area contributed by atoms with Gasteiger partial charge in [0.2, 0.25) is 5.91 Å². The molecule has 2 atom stereocenters. The van der Waals surface area contributed by atoms with E-state index in [1.54, 1.807) is 0 Å². The van der Waals surface area contributed by atoms with Gasteiger partial charge in [0.25, 0.3) is 0 Å². The molecule has 2 N–H and O–H groups in total. The summed E-state index contributed by atoms with van der Waals surface area (Å²) in [6.07, 6.45) is 4.64. The van der Waals surface area contributed by atoms with Crippen molar-refractivity contribution >= 4 is 5.91 Å². The lowest BCUT2D eigenvalue weighted by Crippen LogP contribution is -2.43. The fourth-order valence-electron chi connectivity index (χ4n) is 3.22. The van der Waals surface area contributed by atoms with E-state index >= 15 is 0 Å². The van der Waals surface area contributed by atoms with Gasteiger partial charge in [-0.2, -0.15) is 0 Å². The van der Waals surface area contributed by atoms with Crippen LogP contribution in [0.1, 0.15) is 59.8 Å². The van der Waals surface area contributed by atoms with E-state index in [2.05, 4.69) is 19.2 Å². The summed E-state index contributed by atoms with van der Waals surface area (Å²) < 4.78 is 5.68. The number of amides is 1. The van der Waals surface area contributed by atoms with Gasteiger partial charge in [-0.25, -0.2) is 0 Å². The van der Waals surface area contributed by atoms with Gasteiger partial charge >= 0.3 is 0 Å². The van der Waals surface area contributed by atoms with E-state index in [1.807, 2.05) is 13.8 Å². The van der Waals surface area contributed by atoms with E-state index in [0.29, 0.717) is 6.54 Å². The fraction of sp³-hybridized carbons (Fsp3) is 0.938. The first kappa shape index (κ1) is 17.4. The number of carbonyl (C=O) groups excluding carboxylic acids is 1. The lowest BCUT2D eigenvalue weighted by Gasteiger charge is -2.34. The third-order valence-corrected chi connectivity index (χ3v) is 4.85. The van der Waals surface area contributed by atoms with Crippen molar-refractivity contribution in [2.45, 2.75) is 72.0 Å². The van der Waals surface area contributed by atoms with Crippen LogP contribution in [0.2, 0.25) is 0 Å². The Bertz CT molecular complexity index is 292. The van der Waals surface area contributed by atoms with Crippen LogP contribution in [0.3, 0.4) is 0 Å². The second-order valence-electron chi connectivity index (χ2n) is 6.32. The van der Waals surface area contributed by atoms with Crippen molar-refractivity contribution in [3.05, 3.63) is 0 Å². The Kier molecular flexibility index (Phi) is 6.96. The van der Waals surface area contributed by atoms with E-state index in [9.17, 15) is 9.90 Å². The number of carbonyl (C=O) groups is 1. The van der Waals surface area contributed by atoms with Crippen LogP contribution < -0.4 is 5.32 Å². The van der Waals surface area contributed by atoms with Crippen LogP contribution in [-0.2, 0) is 9.53 Å². The molecule has 1 saturated heterocycles. The summed E-state index contributed by atoms with van der Waals surface area (Å²) in [5, 5.41) is 12.3. The predicted molar refractivity (Wildman–Crippen MR) is 80.5 cm³/mol. The van der Waals surface area contributed by atoms with Gasteiger partial charge in [-0.15, -0.1) is 0 Å². The molecule has 0 aromatic rings. The summed E-state index contributed by atoms with van der Waals surface area (Å²) in [5.41, 5.74) is 0.0345. The lowest BCUT2D eigenvalue weighted by atomic mass is 9.79. The van der Waals surface area contributed by atoms with Crippen LogP contribution in [-0.4, -0.2) is 36.4 Å². The van der Waals surface area contributed by atoms with Gasteiger partial charge < -0.3 is 15.2 Å². The van der Waals surface area contributed by atoms with Gasteiger partial charge in [0.15, 0.2) is 0 Å². The quantitative estimate of drug-likeness (QED) is 0.755. The maximum Gasteiger partial charge on any atom is 0.223 e. The van der Waals surface area contributed by atoms with Crippen molar-refractivity contribution in [3.63, 3.8) is 0 Å². The highest BCUT2D eigenvalue weighted by Crippen LogP contribution is 2.30. The first-order valence-electron chi connectivity index (χ1n) is 8.00. The Hall–Kier alpha value is -0.610. The number of hydrogen-bond donors (Lipinski definition) is 2. The number of rotatable bonds is 7. The van der Waals surface area contributed by atoms with Gasteiger partial charge in [-0.3, -0.25) is 4.79 Å². The smallest absolute Gasteiger partial charge is 0.223 e. The van der Waals surface area contributed by atoms with Crippen LogP contribution in [0, 0.1) is 11.3 Å². The third kappa shape index (κ3) is 4.74. The Morgan fingerprint density at radius 2 is 1.80 bits per heavy atom. The normalized spacial score (nSPS) is 27.4. The number of hydrogen-bond acceptors (Lipinski definition) is 3. The van der Waals surface area contributed by atoms with Gasteiger partial charge in [0, 0.05) is 19.1 Å². The second kappa shape index (κ2) is 7.99. The van der Waals surface area contributed by atoms with Crippen LogP contribution in [0.4, 0.5) is 0 Å². The number of aliphatic hydroxyl groups excluding tert-OH is 1. The molecule has 2 unspecified atom stereocenters. The largest absolute Gasteiger partial charge is 0.396 e. The molecule has 1 amide bonds. The molecule has 0 bridgehead atoms. The summed E-state index contributed by atoms with van der Waals surface area (Å²) in [7, 11) is 0. The maximum absolute atomic E-state index is 12.3. The monoisotopic (exact) mass is 285 g/mol. The molecule has 1 fully saturated rings. The SMILES string of the molecule is CCC(CC)(CCO)CNC(=O)C1CC(C)OC(C)C1. The minimum Gasteiger partial charge on any atom is -0.396 e. The van der Waals surface area contributed by atoms with Crippen molar-refractivity contribution in [2.75, 3.05) is 13.2 Å². The highest BCUT2D eigenvalue weighted by atomic mass is 16.5. The molecule has 0 aliphatic carbocycles. The van der Waals surface area contributed by atoms with Gasteiger partial charge in [-0.1, -0.05) is 13.8 Å². The number of ether oxygens (including phenoxy) is 1. The zero-order valence-corrected chi connectivity index (χ0v) is 13.4. The predicted octanol–water partition coefficient (Wildman–Crippen LogP) is 2.50. The highest BCUT2D eigenvalue weighted by molar-refractivity contribution is 5.78. The number of nitrogens with one attached hydrogen (secondary N) is 1. The average Bonchev–Trinajstić information content (AvgIpc) is 2.42. The van der Waals surface area contributed by atoms with Crippen molar-refractivity contribution in [2.24, 2.45) is 11.3 Å². The molecular formula is C16H31NO3. The molecule has 0 saturated carbocycles. The standard InChI is InChI=1S/C16H31NO3/c1-5-16(6-2,7-8-18)11-17-15(19)14-9-12(3)20-13(4)10-14/h12-14,18H,5-11H2,1-4H3,(H,17,19). The average molecular weight is 285 g/mol. The molecule has 1 aliphatic rings. The van der Waals surface area contributed by atoms with Crippen LogP contribution >= 0.6 is 0 Å². The molecular weight excluding hydrogens is 254 g/mol. The Morgan fingerprint density at radius 1 is 1.25 bits per heavy atom. The Morgan fingerprint density at radius 3 is 2.25 bits per heavy atom. The molecule has 118 valence electrons. The molecule has 0 spiro atoms. The molecule has 4 heteroatoms. The van der Waals surface area contributed by atoms with Gasteiger partial charge in [-0.05, 0) is 51.4 Å². The van der Waals surface area contributed by atoms with E-state index in [1.165, 1.54) is 0 Å². The maximum atomic E-state index is 12.3. The molecule has 0 aromatic carbocycles. The molecule has 0 radical (unpaired) electrons. The van der Waals surface area contributed by atoms with Crippen molar-refractivity contribution in [1.29, 1.82) is 0 Å². The minimum absolute atomic E-state index is 0.0345. The molecule has 1 rings (SSSR count).